The molecule has 0 bridgehead atoms. The maximum absolute atomic E-state index is 11.4. The molecule has 1 aromatic heterocycles. The van der Waals surface area contributed by atoms with Crippen molar-refractivity contribution in [3.63, 3.8) is 0 Å². The Kier molecular flexibility index (Phi) is 4.51. The summed E-state index contributed by atoms with van der Waals surface area (Å²) in [4.78, 5) is 23.7. The number of ether oxygens (including phenoxy) is 1. The van der Waals surface area contributed by atoms with Gasteiger partial charge in [-0.1, -0.05) is 6.92 Å². The fraction of sp³-hybridized carbons (Fsp3) is 0.455. The lowest BCUT2D eigenvalue weighted by molar-refractivity contribution is 0.100. The van der Waals surface area contributed by atoms with Crippen LogP contribution in [0.15, 0.2) is 0 Å². The molecule has 17 heavy (non-hydrogen) atoms. The largest absolute Gasteiger partial charge is 0.450 e. The van der Waals surface area contributed by atoms with Gasteiger partial charge in [0, 0.05) is 4.88 Å². The Morgan fingerprint density at radius 1 is 1.41 bits per heavy atom. The molecule has 0 aromatic carbocycles. The van der Waals surface area contributed by atoms with E-state index >= 15 is 0 Å². The predicted octanol–water partition coefficient (Wildman–Crippen LogP) is 2.29. The second kappa shape index (κ2) is 5.67. The Morgan fingerprint density at radius 2 is 2.06 bits per heavy atom. The Bertz CT molecular complexity index is 440. The van der Waals surface area contributed by atoms with Crippen LogP contribution in [-0.4, -0.2) is 18.6 Å². The van der Waals surface area contributed by atoms with E-state index in [-0.39, 0.29) is 6.61 Å². The molecule has 0 fully saturated rings. The molecule has 1 rings (SSSR count). The van der Waals surface area contributed by atoms with Gasteiger partial charge < -0.3 is 10.5 Å². The number of hydrogen-bond donors (Lipinski definition) is 2. The van der Waals surface area contributed by atoms with E-state index in [0.29, 0.717) is 17.0 Å². The van der Waals surface area contributed by atoms with Crippen LogP contribution in [0.3, 0.4) is 0 Å². The number of primary amides is 1. The molecule has 0 saturated heterocycles. The summed E-state index contributed by atoms with van der Waals surface area (Å²) in [5.41, 5.74) is 6.60. The van der Waals surface area contributed by atoms with Gasteiger partial charge >= 0.3 is 6.09 Å². The fourth-order valence-corrected chi connectivity index (χ4v) is 2.75. The van der Waals surface area contributed by atoms with Gasteiger partial charge in [-0.2, -0.15) is 0 Å². The number of anilines is 1. The number of hydrogen-bond acceptors (Lipinski definition) is 4. The zero-order chi connectivity index (χ0) is 13.0. The van der Waals surface area contributed by atoms with Gasteiger partial charge in [0.1, 0.15) is 5.00 Å². The first kappa shape index (κ1) is 13.5. The average molecular weight is 256 g/mol. The lowest BCUT2D eigenvalue weighted by Crippen LogP contribution is -2.18. The molecule has 94 valence electrons. The summed E-state index contributed by atoms with van der Waals surface area (Å²) >= 11 is 1.34. The zero-order valence-electron chi connectivity index (χ0n) is 10.1. The monoisotopic (exact) mass is 256 g/mol. The number of carbonyl (C=O) groups excluding carboxylic acids is 2. The first-order valence-electron chi connectivity index (χ1n) is 5.37. The van der Waals surface area contributed by atoms with Crippen LogP contribution in [0.25, 0.3) is 0 Å². The molecule has 0 aliphatic heterocycles. The highest BCUT2D eigenvalue weighted by atomic mass is 32.1. The molecule has 0 spiro atoms. The molecule has 3 N–H and O–H groups in total. The molecule has 1 heterocycles. The summed E-state index contributed by atoms with van der Waals surface area (Å²) in [5, 5.41) is 3.01. The van der Waals surface area contributed by atoms with Crippen molar-refractivity contribution in [1.29, 1.82) is 0 Å². The zero-order valence-corrected chi connectivity index (χ0v) is 10.9. The molecule has 0 radical (unpaired) electrons. The topological polar surface area (TPSA) is 81.4 Å². The van der Waals surface area contributed by atoms with E-state index in [2.05, 4.69) is 5.32 Å². The van der Waals surface area contributed by atoms with Crippen molar-refractivity contribution >= 4 is 28.3 Å². The van der Waals surface area contributed by atoms with Crippen LogP contribution in [0.2, 0.25) is 0 Å². The quantitative estimate of drug-likeness (QED) is 0.867. The number of aryl methyl sites for hydroxylation is 1. The first-order valence-corrected chi connectivity index (χ1v) is 6.18. The summed E-state index contributed by atoms with van der Waals surface area (Å²) in [7, 11) is 0. The van der Waals surface area contributed by atoms with Crippen LogP contribution in [0.1, 0.15) is 34.6 Å². The SMILES string of the molecule is CCOC(=O)Nc1sc(C)c(CC)c1C(N)=O. The third-order valence-electron chi connectivity index (χ3n) is 2.30. The molecule has 0 atom stereocenters. The molecular formula is C11H16N2O3S. The van der Waals surface area contributed by atoms with Gasteiger partial charge in [0.25, 0.3) is 5.91 Å². The molecule has 2 amide bonds. The van der Waals surface area contributed by atoms with Gasteiger partial charge in [0.15, 0.2) is 0 Å². The maximum atomic E-state index is 11.4. The van der Waals surface area contributed by atoms with Crippen molar-refractivity contribution in [3.8, 4) is 0 Å². The highest BCUT2D eigenvalue weighted by molar-refractivity contribution is 7.16. The molecular weight excluding hydrogens is 240 g/mol. The molecule has 0 aliphatic rings. The molecule has 5 nitrogen and oxygen atoms in total. The van der Waals surface area contributed by atoms with Gasteiger partial charge in [-0.05, 0) is 25.8 Å². The summed E-state index contributed by atoms with van der Waals surface area (Å²) in [6.45, 7) is 5.83. The van der Waals surface area contributed by atoms with Crippen molar-refractivity contribution in [2.45, 2.75) is 27.2 Å². The second-order valence-corrected chi connectivity index (χ2v) is 4.63. The Balaban J connectivity index is 3.07. The molecule has 0 aliphatic carbocycles. The van der Waals surface area contributed by atoms with Crippen molar-refractivity contribution in [2.75, 3.05) is 11.9 Å². The minimum atomic E-state index is -0.570. The number of nitrogens with two attached hydrogens (primary N) is 1. The molecule has 1 aromatic rings. The third-order valence-corrected chi connectivity index (χ3v) is 3.36. The molecule has 0 saturated carbocycles. The standard InChI is InChI=1S/C11H16N2O3S/c1-4-7-6(3)17-10(8(7)9(12)14)13-11(15)16-5-2/h4-5H2,1-3H3,(H2,12,14)(H,13,15). The van der Waals surface area contributed by atoms with Gasteiger partial charge in [-0.3, -0.25) is 10.1 Å². The molecule has 6 heteroatoms. The van der Waals surface area contributed by atoms with E-state index in [9.17, 15) is 9.59 Å². The third kappa shape index (κ3) is 2.97. The highest BCUT2D eigenvalue weighted by Crippen LogP contribution is 2.33. The number of thiophene rings is 1. The van der Waals surface area contributed by atoms with E-state index in [1.165, 1.54) is 11.3 Å². The minimum absolute atomic E-state index is 0.280. The lowest BCUT2D eigenvalue weighted by atomic mass is 10.1. The van der Waals surface area contributed by atoms with E-state index in [1.807, 2.05) is 13.8 Å². The predicted molar refractivity (Wildman–Crippen MR) is 67.6 cm³/mol. The van der Waals surface area contributed by atoms with Gasteiger partial charge in [0.05, 0.1) is 12.2 Å². The Labute approximate surface area is 104 Å². The van der Waals surface area contributed by atoms with Crippen LogP contribution in [0.4, 0.5) is 9.80 Å². The second-order valence-electron chi connectivity index (χ2n) is 3.40. The van der Waals surface area contributed by atoms with Gasteiger partial charge in [-0.15, -0.1) is 11.3 Å². The van der Waals surface area contributed by atoms with Crippen LogP contribution < -0.4 is 11.1 Å². The molecule has 0 unspecified atom stereocenters. The average Bonchev–Trinajstić information content (AvgIpc) is 2.54. The maximum Gasteiger partial charge on any atom is 0.412 e. The van der Waals surface area contributed by atoms with Crippen molar-refractivity contribution in [2.24, 2.45) is 5.73 Å². The van der Waals surface area contributed by atoms with E-state index in [0.717, 1.165) is 10.4 Å². The van der Waals surface area contributed by atoms with E-state index < -0.39 is 12.0 Å². The number of amides is 2. The minimum Gasteiger partial charge on any atom is -0.450 e. The smallest absolute Gasteiger partial charge is 0.412 e. The lowest BCUT2D eigenvalue weighted by Gasteiger charge is -2.05. The summed E-state index contributed by atoms with van der Waals surface area (Å²) in [6, 6.07) is 0. The van der Waals surface area contributed by atoms with Crippen molar-refractivity contribution in [3.05, 3.63) is 16.0 Å². The van der Waals surface area contributed by atoms with E-state index in [1.54, 1.807) is 6.92 Å². The van der Waals surface area contributed by atoms with Gasteiger partial charge in [0.2, 0.25) is 0 Å². The van der Waals surface area contributed by atoms with Crippen LogP contribution in [0, 0.1) is 6.92 Å². The van der Waals surface area contributed by atoms with E-state index in [4.69, 9.17) is 10.5 Å². The summed E-state index contributed by atoms with van der Waals surface area (Å²) < 4.78 is 4.77. The number of rotatable bonds is 4. The van der Waals surface area contributed by atoms with Crippen LogP contribution in [-0.2, 0) is 11.2 Å². The summed E-state index contributed by atoms with van der Waals surface area (Å²) in [5.74, 6) is -0.530. The fourth-order valence-electron chi connectivity index (χ4n) is 1.61. The van der Waals surface area contributed by atoms with Crippen LogP contribution in [0.5, 0.6) is 0 Å². The number of carbonyl (C=O) groups is 2. The number of nitrogens with one attached hydrogen (secondary N) is 1. The Hall–Kier alpha value is -1.56. The highest BCUT2D eigenvalue weighted by Gasteiger charge is 2.20. The van der Waals surface area contributed by atoms with Crippen molar-refractivity contribution in [1.82, 2.24) is 0 Å². The Morgan fingerprint density at radius 3 is 2.53 bits per heavy atom. The summed E-state index contributed by atoms with van der Waals surface area (Å²) in [6.07, 6.45) is 0.129. The first-order chi connectivity index (χ1) is 8.01. The van der Waals surface area contributed by atoms with Gasteiger partial charge in [-0.25, -0.2) is 4.79 Å². The van der Waals surface area contributed by atoms with Crippen LogP contribution >= 0.6 is 11.3 Å². The normalized spacial score (nSPS) is 10.1. The van der Waals surface area contributed by atoms with Crippen molar-refractivity contribution < 1.29 is 14.3 Å².